The highest BCUT2D eigenvalue weighted by atomic mass is 16.6. The Kier molecular flexibility index (Phi) is 9.16. The van der Waals surface area contributed by atoms with E-state index in [1.807, 2.05) is 20.0 Å². The van der Waals surface area contributed by atoms with E-state index in [1.54, 1.807) is 0 Å². The molecule has 0 amide bonds. The number of allylic oxidation sites excluding steroid dienone is 1. The molecule has 3 aromatic rings. The van der Waals surface area contributed by atoms with E-state index < -0.39 is 33.9 Å². The maximum absolute atomic E-state index is 15.0. The molecule has 1 aromatic carbocycles. The minimum Gasteiger partial charge on any atom is -0.392 e. The molecule has 7 aliphatic rings. The average Bonchev–Trinajstić information content (AvgIpc) is 3.71. The summed E-state index contributed by atoms with van der Waals surface area (Å²) < 4.78 is 8.35. The molecule has 320 valence electrons. The van der Waals surface area contributed by atoms with Crippen molar-refractivity contribution in [1.82, 2.24) is 9.55 Å². The molecule has 0 unspecified atom stereocenters. The number of fused-ring (bicyclic) bond motifs is 7. The number of aromatic amines is 1. The number of aliphatic hydroxyl groups is 2. The van der Waals surface area contributed by atoms with Gasteiger partial charge in [0.1, 0.15) is 11.9 Å². The molecule has 12 atom stereocenters. The summed E-state index contributed by atoms with van der Waals surface area (Å²) in [6.45, 7) is 20.5. The van der Waals surface area contributed by atoms with Gasteiger partial charge in [0.15, 0.2) is 5.78 Å². The van der Waals surface area contributed by atoms with Crippen LogP contribution < -0.4 is 0 Å². The predicted octanol–water partition coefficient (Wildman–Crippen LogP) is 9.39. The quantitative estimate of drug-likeness (QED) is 0.163. The number of hydrogen-bond acceptors (Lipinski definition) is 5. The maximum Gasteiger partial charge on any atom is 0.160 e. The van der Waals surface area contributed by atoms with Gasteiger partial charge in [-0.2, -0.15) is 0 Å². The number of aliphatic hydroxyl groups excluding tert-OH is 2. The zero-order chi connectivity index (χ0) is 42.5. The molecule has 10 rings (SSSR count). The molecule has 5 fully saturated rings. The molecule has 4 saturated carbocycles. The van der Waals surface area contributed by atoms with E-state index in [1.165, 1.54) is 35.1 Å². The second-order valence-electron chi connectivity index (χ2n) is 22.4. The second-order valence-corrected chi connectivity index (χ2v) is 22.4. The molecular formula is C53H68N2O5. The van der Waals surface area contributed by atoms with Crippen molar-refractivity contribution in [3.63, 3.8) is 0 Å². The van der Waals surface area contributed by atoms with E-state index in [2.05, 4.69) is 94.1 Å². The summed E-state index contributed by atoms with van der Waals surface area (Å²) in [4.78, 5) is 33.5. The molecule has 0 spiro atoms. The lowest BCUT2D eigenvalue weighted by Gasteiger charge is -2.71. The van der Waals surface area contributed by atoms with E-state index >= 15 is 0 Å². The summed E-state index contributed by atoms with van der Waals surface area (Å²) in [7, 11) is 0. The Morgan fingerprint density at radius 1 is 1.02 bits per heavy atom. The maximum atomic E-state index is 15.0. The number of aromatic nitrogens is 2. The molecule has 2 bridgehead atoms. The van der Waals surface area contributed by atoms with Crippen molar-refractivity contribution in [3.8, 4) is 11.8 Å². The number of nitrogens with zero attached hydrogens (tertiary/aromatic N) is 1. The van der Waals surface area contributed by atoms with E-state index in [9.17, 15) is 19.8 Å². The fraction of sp³-hybridized carbons (Fsp3) is 0.660. The topological polar surface area (TPSA) is 108 Å². The van der Waals surface area contributed by atoms with Crippen LogP contribution in [0.25, 0.3) is 11.0 Å². The van der Waals surface area contributed by atoms with Crippen LogP contribution >= 0.6 is 0 Å². The standard InChI is InChI=1S/C53H68N2O5/c1-29-21-30(2)23-32(22-29)25-35-37-16-12-15-34-26-42(58)52(8,33-13-10-11-14-33)41-17-19-50(6)47(53(34,41)9)46(59)36(28-55(37)38-18-20-54-45(35)38)44-43(40(57)27-51(44,50)7)31(3)24-39(56)48-49(4,5)60-48/h18,20-23,31,33-34,36,39,41,46-48,54,56,59H,10-11,13-14,16-17,19,24-28H2,1-9H3/t31-,34+,36+,39-,41+,46-,47+,48-,50+,51+,52+,53-/m1/s1. The van der Waals surface area contributed by atoms with E-state index in [4.69, 9.17) is 4.74 Å². The van der Waals surface area contributed by atoms with Crippen LogP contribution in [0.15, 0.2) is 41.6 Å². The smallest absolute Gasteiger partial charge is 0.160 e. The molecule has 4 heterocycles. The molecule has 2 aromatic heterocycles. The Balaban J connectivity index is 1.19. The molecule has 7 nitrogen and oxygen atoms in total. The number of carbonyl (C=O) groups is 2. The number of epoxide rings is 1. The molecule has 7 heteroatoms. The zero-order valence-corrected chi connectivity index (χ0v) is 37.6. The van der Waals surface area contributed by atoms with Gasteiger partial charge >= 0.3 is 0 Å². The molecule has 60 heavy (non-hydrogen) atoms. The van der Waals surface area contributed by atoms with Crippen LogP contribution in [-0.4, -0.2) is 55.2 Å². The van der Waals surface area contributed by atoms with Gasteiger partial charge in [0.05, 0.1) is 28.8 Å². The summed E-state index contributed by atoms with van der Waals surface area (Å²) in [6.07, 6.45) is 9.20. The lowest BCUT2D eigenvalue weighted by molar-refractivity contribution is -0.236. The highest BCUT2D eigenvalue weighted by Gasteiger charge is 2.74. The van der Waals surface area contributed by atoms with Crippen molar-refractivity contribution in [1.29, 1.82) is 0 Å². The normalized spacial score (nSPS) is 39.2. The third kappa shape index (κ3) is 5.51. The first kappa shape index (κ1) is 40.6. The van der Waals surface area contributed by atoms with Crippen molar-refractivity contribution in [2.75, 3.05) is 0 Å². The highest BCUT2D eigenvalue weighted by Crippen LogP contribution is 2.77. The van der Waals surface area contributed by atoms with Crippen molar-refractivity contribution in [2.45, 2.75) is 163 Å². The van der Waals surface area contributed by atoms with Crippen LogP contribution in [0.3, 0.4) is 0 Å². The summed E-state index contributed by atoms with van der Waals surface area (Å²) >= 11 is 0. The Labute approximate surface area is 357 Å². The molecule has 0 radical (unpaired) electrons. The summed E-state index contributed by atoms with van der Waals surface area (Å²) in [6, 6.07) is 8.96. The van der Waals surface area contributed by atoms with Crippen LogP contribution in [0, 0.1) is 82.9 Å². The van der Waals surface area contributed by atoms with Crippen molar-refractivity contribution < 1.29 is 24.5 Å². The van der Waals surface area contributed by atoms with Gasteiger partial charge in [-0.05, 0) is 117 Å². The summed E-state index contributed by atoms with van der Waals surface area (Å²) in [5.41, 5.74) is 8.07. The minimum absolute atomic E-state index is 0.0971. The SMILES string of the molecule is Cc1cc(C)cc(Cc2c3n(c4cc[nH]c24)C[C@H]2C4=C([C@H](C)C[C@@H](O)[C@H]5OC5(C)C)C(=O)C[C@]4(C)[C@@]4(C)CC[C@@H]5[C@](C)([C@H]4[C@@H]2O)[C@@H](C#CC3)CC(=O)[C@@]5(C)C2CCCC2)c1. The lowest BCUT2D eigenvalue weighted by atomic mass is 9.32. The number of nitrogens with one attached hydrogen (secondary N) is 1. The molecule has 1 saturated heterocycles. The second kappa shape index (κ2) is 13.5. The van der Waals surface area contributed by atoms with Gasteiger partial charge in [0, 0.05) is 72.3 Å². The molecule has 2 aliphatic heterocycles. The first-order valence-corrected chi connectivity index (χ1v) is 23.4. The number of hydrogen-bond donors (Lipinski definition) is 3. The van der Waals surface area contributed by atoms with Crippen LogP contribution in [0.5, 0.6) is 0 Å². The van der Waals surface area contributed by atoms with Crippen LogP contribution in [0.4, 0.5) is 0 Å². The monoisotopic (exact) mass is 813 g/mol. The number of Topliss-reactive ketones (excluding diaryl/α,β-unsaturated/α-hetero) is 2. The lowest BCUT2D eigenvalue weighted by Crippen LogP contribution is -2.70. The first-order chi connectivity index (χ1) is 28.3. The van der Waals surface area contributed by atoms with Crippen LogP contribution in [0.1, 0.15) is 134 Å². The van der Waals surface area contributed by atoms with Gasteiger partial charge < -0.3 is 24.5 Å². The van der Waals surface area contributed by atoms with Crippen LogP contribution in [-0.2, 0) is 33.7 Å². The zero-order valence-electron chi connectivity index (χ0n) is 37.6. The Morgan fingerprint density at radius 2 is 1.72 bits per heavy atom. The third-order valence-electron chi connectivity index (χ3n) is 18.9. The Bertz CT molecular complexity index is 2380. The highest BCUT2D eigenvalue weighted by molar-refractivity contribution is 6.01. The third-order valence-corrected chi connectivity index (χ3v) is 18.9. The largest absolute Gasteiger partial charge is 0.392 e. The van der Waals surface area contributed by atoms with Gasteiger partial charge in [-0.15, -0.1) is 0 Å². The van der Waals surface area contributed by atoms with E-state index in [0.717, 1.165) is 60.0 Å². The molecule has 3 N–H and O–H groups in total. The van der Waals surface area contributed by atoms with Crippen LogP contribution in [0.2, 0.25) is 0 Å². The van der Waals surface area contributed by atoms with E-state index in [0.29, 0.717) is 43.9 Å². The number of ether oxygens (including phenoxy) is 1. The number of carbonyl (C=O) groups excluding carboxylic acids is 2. The van der Waals surface area contributed by atoms with Gasteiger partial charge in [-0.3, -0.25) is 9.59 Å². The summed E-state index contributed by atoms with van der Waals surface area (Å²) in [5, 5.41) is 25.3. The number of rotatable bonds is 7. The Morgan fingerprint density at radius 3 is 2.40 bits per heavy atom. The fourth-order valence-electron chi connectivity index (χ4n) is 16.0. The summed E-state index contributed by atoms with van der Waals surface area (Å²) in [5.74, 6) is 7.72. The molecule has 5 aliphatic carbocycles. The van der Waals surface area contributed by atoms with Gasteiger partial charge in [0.2, 0.25) is 0 Å². The van der Waals surface area contributed by atoms with E-state index in [-0.39, 0.29) is 47.1 Å². The minimum atomic E-state index is -0.759. The van der Waals surface area contributed by atoms with Crippen molar-refractivity contribution >= 4 is 22.6 Å². The van der Waals surface area contributed by atoms with Crippen molar-refractivity contribution in [3.05, 3.63) is 69.6 Å². The number of benzene rings is 1. The number of ketones is 2. The average molecular weight is 813 g/mol. The van der Waals surface area contributed by atoms with Gasteiger partial charge in [-0.25, -0.2) is 0 Å². The van der Waals surface area contributed by atoms with Gasteiger partial charge in [-0.1, -0.05) is 88.6 Å². The predicted molar refractivity (Wildman–Crippen MR) is 235 cm³/mol. The van der Waals surface area contributed by atoms with Gasteiger partial charge in [0.25, 0.3) is 0 Å². The first-order valence-electron chi connectivity index (χ1n) is 23.4. The Hall–Kier alpha value is -3.44. The number of aryl methyl sites for hydroxylation is 2. The number of H-pyrrole nitrogens is 1. The fourth-order valence-corrected chi connectivity index (χ4v) is 16.0. The molecular weight excluding hydrogens is 745 g/mol. The van der Waals surface area contributed by atoms with Crippen molar-refractivity contribution in [2.24, 2.45) is 57.2 Å².